The highest BCUT2D eigenvalue weighted by Gasteiger charge is 2.45. The Kier molecular flexibility index (Phi) is 14.2. The van der Waals surface area contributed by atoms with Gasteiger partial charge in [-0.25, -0.2) is 0 Å². The lowest BCUT2D eigenvalue weighted by atomic mass is 9.94. The molecule has 1 saturated heterocycles. The van der Waals surface area contributed by atoms with Crippen molar-refractivity contribution in [3.05, 3.63) is 11.8 Å². The van der Waals surface area contributed by atoms with Gasteiger partial charge < -0.3 is 13.6 Å². The van der Waals surface area contributed by atoms with Gasteiger partial charge in [-0.1, -0.05) is 83.1 Å². The molecule has 1 aliphatic heterocycles. The maximum atomic E-state index is 12.1. The third-order valence-electron chi connectivity index (χ3n) is 8.80. The van der Waals surface area contributed by atoms with Crippen molar-refractivity contribution in [3.63, 3.8) is 0 Å². The number of ether oxygens (including phenoxy) is 1. The number of hydrogen-bond donors (Lipinski definition) is 0. The maximum Gasteiger partial charge on any atom is 0.321 e. The van der Waals surface area contributed by atoms with Crippen LogP contribution in [0.3, 0.4) is 0 Å². The summed E-state index contributed by atoms with van der Waals surface area (Å²) in [6, 6.07) is 0. The number of cyclic esters (lactones) is 1. The number of unbranched alkanes of at least 4 members (excludes halogenated alkanes) is 3. The fourth-order valence-corrected chi connectivity index (χ4v) is 18.2. The molecule has 0 aliphatic carbocycles. The topological polar surface area (TPSA) is 44.8 Å². The lowest BCUT2D eigenvalue weighted by molar-refractivity contribution is -0.157. The zero-order chi connectivity index (χ0) is 27.7. The largest absolute Gasteiger partial charge is 0.430 e. The van der Waals surface area contributed by atoms with E-state index in [4.69, 9.17) is 13.6 Å². The SMILES string of the molecule is CC(C)[Si](OCCCC/C=C1\OC(=O)[C@H]1CCCCO[Si](C(C)C)(C(C)C)C(C)C)(C(C)C)C(C)C. The molecule has 1 atom stereocenters. The highest BCUT2D eigenvalue weighted by atomic mass is 28.4. The van der Waals surface area contributed by atoms with E-state index in [9.17, 15) is 4.79 Å². The molecular weight excluding hydrogens is 480 g/mol. The molecule has 1 heterocycles. The van der Waals surface area contributed by atoms with Crippen LogP contribution in [-0.2, 0) is 18.4 Å². The predicted molar refractivity (Wildman–Crippen MR) is 159 cm³/mol. The van der Waals surface area contributed by atoms with Gasteiger partial charge in [-0.15, -0.1) is 0 Å². The third-order valence-corrected chi connectivity index (χ3v) is 21.0. The van der Waals surface area contributed by atoms with Gasteiger partial charge in [0.25, 0.3) is 0 Å². The average molecular weight is 541 g/mol. The Morgan fingerprint density at radius 1 is 0.667 bits per heavy atom. The van der Waals surface area contributed by atoms with E-state index in [2.05, 4.69) is 89.2 Å². The molecule has 0 bridgehead atoms. The summed E-state index contributed by atoms with van der Waals surface area (Å²) in [6.07, 6.45) is 8.15. The first kappa shape index (κ1) is 33.6. The highest BCUT2D eigenvalue weighted by molar-refractivity contribution is 6.78. The number of allylic oxidation sites excluding steroid dienone is 1. The van der Waals surface area contributed by atoms with Crippen LogP contribution in [0.5, 0.6) is 0 Å². The molecule has 0 amide bonds. The normalized spacial score (nSPS) is 18.4. The molecule has 0 aromatic heterocycles. The van der Waals surface area contributed by atoms with E-state index in [1.165, 1.54) is 0 Å². The summed E-state index contributed by atoms with van der Waals surface area (Å²) < 4.78 is 18.7. The second-order valence-electron chi connectivity index (χ2n) is 12.9. The second-order valence-corrected chi connectivity index (χ2v) is 23.8. The summed E-state index contributed by atoms with van der Waals surface area (Å²) in [4.78, 5) is 12.1. The molecule has 0 unspecified atom stereocenters. The van der Waals surface area contributed by atoms with Gasteiger partial charge in [0.15, 0.2) is 16.6 Å². The first-order valence-electron chi connectivity index (χ1n) is 14.9. The number of carbonyl (C=O) groups is 1. The zero-order valence-corrected chi connectivity index (χ0v) is 27.9. The van der Waals surface area contributed by atoms with Gasteiger partial charge in [-0.05, 0) is 77.8 Å². The molecule has 36 heavy (non-hydrogen) atoms. The van der Waals surface area contributed by atoms with E-state index in [1.54, 1.807) is 0 Å². The van der Waals surface area contributed by atoms with Crippen LogP contribution >= 0.6 is 0 Å². The minimum atomic E-state index is -1.80. The number of carbonyl (C=O) groups excluding carboxylic acids is 1. The number of rotatable bonds is 18. The van der Waals surface area contributed by atoms with Crippen LogP contribution in [-0.4, -0.2) is 35.8 Å². The Balaban J connectivity index is 2.43. The van der Waals surface area contributed by atoms with Crippen molar-refractivity contribution in [1.82, 2.24) is 0 Å². The second kappa shape index (κ2) is 15.2. The van der Waals surface area contributed by atoms with Crippen LogP contribution in [0.25, 0.3) is 0 Å². The van der Waals surface area contributed by atoms with Crippen molar-refractivity contribution in [1.29, 1.82) is 0 Å². The Labute approximate surface area is 226 Å². The van der Waals surface area contributed by atoms with Crippen molar-refractivity contribution in [2.24, 2.45) is 5.92 Å². The lowest BCUT2D eigenvalue weighted by Gasteiger charge is -2.42. The van der Waals surface area contributed by atoms with Crippen LogP contribution in [0.1, 0.15) is 122 Å². The van der Waals surface area contributed by atoms with Gasteiger partial charge >= 0.3 is 5.97 Å². The molecule has 0 saturated carbocycles. The monoisotopic (exact) mass is 540 g/mol. The fourth-order valence-electron chi connectivity index (χ4n) is 7.20. The lowest BCUT2D eigenvalue weighted by Crippen LogP contribution is -2.48. The molecule has 212 valence electrons. The van der Waals surface area contributed by atoms with E-state index in [0.29, 0.717) is 33.2 Å². The Bertz CT molecular complexity index is 639. The Hall–Kier alpha value is -0.436. The summed E-state index contributed by atoms with van der Waals surface area (Å²) in [5, 5.41) is 0. The summed E-state index contributed by atoms with van der Waals surface area (Å²) in [7, 11) is -3.57. The van der Waals surface area contributed by atoms with Crippen molar-refractivity contribution in [3.8, 4) is 0 Å². The van der Waals surface area contributed by atoms with Gasteiger partial charge in [0.2, 0.25) is 0 Å². The van der Waals surface area contributed by atoms with Gasteiger partial charge in [0.05, 0.1) is 0 Å². The molecule has 0 N–H and O–H groups in total. The van der Waals surface area contributed by atoms with Gasteiger partial charge in [0, 0.05) is 13.2 Å². The zero-order valence-electron chi connectivity index (χ0n) is 25.9. The summed E-state index contributed by atoms with van der Waals surface area (Å²) >= 11 is 0. The highest BCUT2D eigenvalue weighted by Crippen LogP contribution is 2.43. The van der Waals surface area contributed by atoms with Gasteiger partial charge in [0.1, 0.15) is 11.7 Å². The first-order valence-corrected chi connectivity index (χ1v) is 19.2. The van der Waals surface area contributed by atoms with E-state index in [-0.39, 0.29) is 11.9 Å². The molecule has 4 nitrogen and oxygen atoms in total. The minimum absolute atomic E-state index is 0.0357. The van der Waals surface area contributed by atoms with Crippen molar-refractivity contribution in [2.45, 2.75) is 155 Å². The van der Waals surface area contributed by atoms with Crippen LogP contribution in [0.4, 0.5) is 0 Å². The number of hydrogen-bond acceptors (Lipinski definition) is 4. The Morgan fingerprint density at radius 3 is 1.42 bits per heavy atom. The summed E-state index contributed by atoms with van der Waals surface area (Å²) in [5.74, 6) is 0.807. The fraction of sp³-hybridized carbons (Fsp3) is 0.900. The molecule has 0 radical (unpaired) electrons. The van der Waals surface area contributed by atoms with Crippen molar-refractivity contribution < 1.29 is 18.4 Å². The predicted octanol–water partition coefficient (Wildman–Crippen LogP) is 9.77. The Morgan fingerprint density at radius 2 is 1.06 bits per heavy atom. The molecule has 0 aromatic rings. The summed E-state index contributed by atoms with van der Waals surface area (Å²) in [6.45, 7) is 29.7. The molecule has 0 spiro atoms. The molecule has 1 fully saturated rings. The van der Waals surface area contributed by atoms with Crippen LogP contribution < -0.4 is 0 Å². The third kappa shape index (κ3) is 8.03. The molecule has 1 rings (SSSR count). The van der Waals surface area contributed by atoms with Crippen LogP contribution in [0.2, 0.25) is 33.2 Å². The van der Waals surface area contributed by atoms with Crippen molar-refractivity contribution >= 4 is 22.6 Å². The first-order chi connectivity index (χ1) is 16.7. The standard InChI is InChI=1S/C30H60O4Si2/c1-22(2)35(23(3)4,24(5)6)32-20-16-13-14-19-29-28(30(31)34-29)18-15-17-21-33-36(25(7)8,26(9)10)27(11)12/h19,22-28H,13-18,20-21H2,1-12H3/b29-19-/t28-/m0/s1. The quantitative estimate of drug-likeness (QED) is 0.0985. The van der Waals surface area contributed by atoms with Crippen molar-refractivity contribution in [2.75, 3.05) is 13.2 Å². The van der Waals surface area contributed by atoms with E-state index in [0.717, 1.165) is 57.5 Å². The molecule has 6 heteroatoms. The van der Waals surface area contributed by atoms with Gasteiger partial charge in [-0.3, -0.25) is 4.79 Å². The van der Waals surface area contributed by atoms with E-state index < -0.39 is 16.6 Å². The number of esters is 1. The molecule has 1 aliphatic rings. The van der Waals surface area contributed by atoms with Gasteiger partial charge in [-0.2, -0.15) is 0 Å². The molecule has 0 aromatic carbocycles. The smallest absolute Gasteiger partial charge is 0.321 e. The van der Waals surface area contributed by atoms with E-state index >= 15 is 0 Å². The van der Waals surface area contributed by atoms with Crippen LogP contribution in [0.15, 0.2) is 11.8 Å². The minimum Gasteiger partial charge on any atom is -0.430 e. The van der Waals surface area contributed by atoms with Crippen LogP contribution in [0, 0.1) is 5.92 Å². The molecular formula is C30H60O4Si2. The van der Waals surface area contributed by atoms with E-state index in [1.807, 2.05) is 0 Å². The summed E-state index contributed by atoms with van der Waals surface area (Å²) in [5.41, 5.74) is 3.71. The average Bonchev–Trinajstić information content (AvgIpc) is 2.75. The maximum absolute atomic E-state index is 12.1.